The van der Waals surface area contributed by atoms with Crippen LogP contribution in [0, 0.1) is 5.82 Å². The van der Waals surface area contributed by atoms with Crippen LogP contribution in [0.4, 0.5) is 17.6 Å². The van der Waals surface area contributed by atoms with Crippen molar-refractivity contribution in [2.24, 2.45) is 0 Å². The van der Waals surface area contributed by atoms with Gasteiger partial charge < -0.3 is 0 Å². The minimum atomic E-state index is -4.62. The van der Waals surface area contributed by atoms with Crippen LogP contribution >= 0.6 is 0 Å². The van der Waals surface area contributed by atoms with E-state index in [0.717, 1.165) is 23.2 Å². The standard InChI is InChI=1S/C24H22F4N2OS/c25-22-11-10-20(24(26,27)28)14-23(22)32(31)29-21-12-13-30(16-21)15-17-6-8-19(9-7-17)18-4-2-1-3-5-18/h1-11,14,21,29H,12-13,15-16H2/t21-,32?/m1/s1. The van der Waals surface area contributed by atoms with E-state index in [4.69, 9.17) is 0 Å². The van der Waals surface area contributed by atoms with Gasteiger partial charge in [-0.25, -0.2) is 13.3 Å². The monoisotopic (exact) mass is 462 g/mol. The maximum absolute atomic E-state index is 14.0. The summed E-state index contributed by atoms with van der Waals surface area (Å²) in [6.45, 7) is 2.03. The number of nitrogens with zero attached hydrogens (tertiary/aromatic N) is 1. The van der Waals surface area contributed by atoms with Gasteiger partial charge in [0.1, 0.15) is 16.8 Å². The molecule has 0 bridgehead atoms. The lowest BCUT2D eigenvalue weighted by Gasteiger charge is -2.17. The summed E-state index contributed by atoms with van der Waals surface area (Å²) in [7, 11) is -2.07. The van der Waals surface area contributed by atoms with Crippen LogP contribution in [-0.2, 0) is 23.7 Å². The van der Waals surface area contributed by atoms with Crippen molar-refractivity contribution in [2.75, 3.05) is 13.1 Å². The van der Waals surface area contributed by atoms with Gasteiger partial charge in [-0.2, -0.15) is 13.2 Å². The molecular formula is C24H22F4N2OS. The van der Waals surface area contributed by atoms with Crippen LogP contribution in [0.3, 0.4) is 0 Å². The third-order valence-electron chi connectivity index (χ3n) is 5.47. The van der Waals surface area contributed by atoms with Gasteiger partial charge in [-0.1, -0.05) is 54.6 Å². The third-order valence-corrected chi connectivity index (χ3v) is 6.73. The second-order valence-electron chi connectivity index (χ2n) is 7.81. The molecule has 1 fully saturated rings. The molecule has 0 amide bonds. The molecule has 168 valence electrons. The van der Waals surface area contributed by atoms with E-state index < -0.39 is 33.4 Å². The van der Waals surface area contributed by atoms with Crippen LogP contribution in [0.1, 0.15) is 17.5 Å². The van der Waals surface area contributed by atoms with Gasteiger partial charge in [-0.15, -0.1) is 0 Å². The minimum Gasteiger partial charge on any atom is -0.297 e. The van der Waals surface area contributed by atoms with Crippen LogP contribution in [0.5, 0.6) is 0 Å². The van der Waals surface area contributed by atoms with Gasteiger partial charge >= 0.3 is 6.18 Å². The van der Waals surface area contributed by atoms with E-state index >= 15 is 0 Å². The van der Waals surface area contributed by atoms with Gasteiger partial charge in [0.2, 0.25) is 0 Å². The molecule has 3 aromatic carbocycles. The van der Waals surface area contributed by atoms with Crippen LogP contribution in [0.25, 0.3) is 11.1 Å². The summed E-state index contributed by atoms with van der Waals surface area (Å²) < 4.78 is 68.0. The molecule has 1 N–H and O–H groups in total. The van der Waals surface area contributed by atoms with E-state index in [1.807, 2.05) is 18.2 Å². The van der Waals surface area contributed by atoms with Gasteiger partial charge in [0.15, 0.2) is 0 Å². The highest BCUT2D eigenvalue weighted by atomic mass is 32.2. The normalized spacial score (nSPS) is 18.1. The predicted molar refractivity (Wildman–Crippen MR) is 117 cm³/mol. The topological polar surface area (TPSA) is 32.3 Å². The van der Waals surface area contributed by atoms with Crippen molar-refractivity contribution in [3.05, 3.63) is 89.7 Å². The molecule has 3 nitrogen and oxygen atoms in total. The molecule has 1 heterocycles. The number of benzene rings is 3. The van der Waals surface area contributed by atoms with E-state index in [1.54, 1.807) is 0 Å². The Morgan fingerprint density at radius 1 is 0.969 bits per heavy atom. The molecule has 0 saturated carbocycles. The van der Waals surface area contributed by atoms with E-state index in [2.05, 4.69) is 46.0 Å². The maximum Gasteiger partial charge on any atom is 0.416 e. The number of rotatable bonds is 6. The Kier molecular flexibility index (Phi) is 6.74. The molecule has 1 unspecified atom stereocenters. The van der Waals surface area contributed by atoms with Gasteiger partial charge in [0, 0.05) is 25.7 Å². The first-order valence-electron chi connectivity index (χ1n) is 10.2. The molecule has 32 heavy (non-hydrogen) atoms. The first-order chi connectivity index (χ1) is 15.3. The Bertz CT molecular complexity index is 1090. The zero-order valence-corrected chi connectivity index (χ0v) is 17.9. The summed E-state index contributed by atoms with van der Waals surface area (Å²) in [5.74, 6) is -0.919. The number of halogens is 4. The second-order valence-corrected chi connectivity index (χ2v) is 9.03. The number of hydrogen-bond acceptors (Lipinski definition) is 2. The van der Waals surface area contributed by atoms with Crippen LogP contribution in [-0.4, -0.2) is 28.2 Å². The zero-order chi connectivity index (χ0) is 22.7. The van der Waals surface area contributed by atoms with Crippen molar-refractivity contribution in [2.45, 2.75) is 30.1 Å². The van der Waals surface area contributed by atoms with Crippen molar-refractivity contribution in [3.8, 4) is 11.1 Å². The number of likely N-dealkylation sites (tertiary alicyclic amines) is 1. The maximum atomic E-state index is 14.0. The summed E-state index contributed by atoms with van der Waals surface area (Å²) in [6.07, 6.45) is -3.94. The molecule has 1 aliphatic heterocycles. The quantitative estimate of drug-likeness (QED) is 0.498. The lowest BCUT2D eigenvalue weighted by molar-refractivity contribution is -0.137. The SMILES string of the molecule is O=S(N[C@@H]1CCN(Cc2ccc(-c3ccccc3)cc2)C1)c1cc(C(F)(F)F)ccc1F. The van der Waals surface area contributed by atoms with Crippen LogP contribution < -0.4 is 4.72 Å². The lowest BCUT2D eigenvalue weighted by Crippen LogP contribution is -2.34. The number of nitrogens with one attached hydrogen (secondary N) is 1. The lowest BCUT2D eigenvalue weighted by atomic mass is 10.0. The Hall–Kier alpha value is -2.55. The molecule has 4 rings (SSSR count). The van der Waals surface area contributed by atoms with Crippen molar-refractivity contribution in [1.29, 1.82) is 0 Å². The molecule has 0 aliphatic carbocycles. The smallest absolute Gasteiger partial charge is 0.297 e. The number of alkyl halides is 3. The van der Waals surface area contributed by atoms with Gasteiger partial charge in [0.05, 0.1) is 10.5 Å². The predicted octanol–water partition coefficient (Wildman–Crippen LogP) is 5.40. The Balaban J connectivity index is 1.35. The van der Waals surface area contributed by atoms with E-state index in [0.29, 0.717) is 37.7 Å². The van der Waals surface area contributed by atoms with Gasteiger partial charge in [-0.3, -0.25) is 4.90 Å². The van der Waals surface area contributed by atoms with Crippen LogP contribution in [0.15, 0.2) is 77.7 Å². The zero-order valence-electron chi connectivity index (χ0n) is 17.1. The first-order valence-corrected chi connectivity index (χ1v) is 11.4. The van der Waals surface area contributed by atoms with Crippen LogP contribution in [0.2, 0.25) is 0 Å². The molecule has 1 aliphatic rings. The third kappa shape index (κ3) is 5.43. The fourth-order valence-corrected chi connectivity index (χ4v) is 4.90. The first kappa shape index (κ1) is 22.6. The second kappa shape index (κ2) is 9.52. The Morgan fingerprint density at radius 2 is 1.66 bits per heavy atom. The molecule has 8 heteroatoms. The summed E-state index contributed by atoms with van der Waals surface area (Å²) in [5, 5.41) is 0. The van der Waals surface area contributed by atoms with E-state index in [-0.39, 0.29) is 6.04 Å². The molecule has 1 saturated heterocycles. The van der Waals surface area contributed by atoms with Crippen molar-refractivity contribution >= 4 is 11.0 Å². The van der Waals surface area contributed by atoms with E-state index in [9.17, 15) is 21.8 Å². The Morgan fingerprint density at radius 3 is 2.34 bits per heavy atom. The van der Waals surface area contributed by atoms with Gasteiger partial charge in [-0.05, 0) is 41.3 Å². The fourth-order valence-electron chi connectivity index (χ4n) is 3.80. The van der Waals surface area contributed by atoms with Gasteiger partial charge in [0.25, 0.3) is 0 Å². The molecular weight excluding hydrogens is 440 g/mol. The average molecular weight is 463 g/mol. The van der Waals surface area contributed by atoms with Crippen molar-refractivity contribution in [1.82, 2.24) is 9.62 Å². The Labute approximate surface area is 186 Å². The summed E-state index contributed by atoms with van der Waals surface area (Å²) >= 11 is 0. The van der Waals surface area contributed by atoms with Crippen molar-refractivity contribution < 1.29 is 21.8 Å². The molecule has 0 spiro atoms. The summed E-state index contributed by atoms with van der Waals surface area (Å²) in [6, 6.07) is 20.1. The highest BCUT2D eigenvalue weighted by molar-refractivity contribution is 7.83. The largest absolute Gasteiger partial charge is 0.416 e. The average Bonchev–Trinajstić information content (AvgIpc) is 3.21. The molecule has 3 aromatic rings. The van der Waals surface area contributed by atoms with Crippen molar-refractivity contribution in [3.63, 3.8) is 0 Å². The summed E-state index contributed by atoms with van der Waals surface area (Å²) in [4.78, 5) is 1.70. The molecule has 0 aromatic heterocycles. The minimum absolute atomic E-state index is 0.201. The summed E-state index contributed by atoms with van der Waals surface area (Å²) in [5.41, 5.74) is 2.40. The van der Waals surface area contributed by atoms with E-state index in [1.165, 1.54) is 0 Å². The number of hydrogen-bond donors (Lipinski definition) is 1. The fraction of sp³-hybridized carbons (Fsp3) is 0.250. The molecule has 0 radical (unpaired) electrons. The highest BCUT2D eigenvalue weighted by Crippen LogP contribution is 2.31. The molecule has 2 atom stereocenters. The highest BCUT2D eigenvalue weighted by Gasteiger charge is 2.32.